The van der Waals surface area contributed by atoms with Crippen molar-refractivity contribution in [2.24, 2.45) is 0 Å². The number of nitrogens with one attached hydrogen (secondary N) is 1. The largest absolute Gasteiger partial charge is 0.378 e. The Kier molecular flexibility index (Phi) is 7.16. The predicted octanol–water partition coefficient (Wildman–Crippen LogP) is 5.61. The normalized spacial score (nSPS) is 11.0. The Morgan fingerprint density at radius 2 is 1.70 bits per heavy atom. The van der Waals surface area contributed by atoms with Crippen LogP contribution in [0.4, 0.5) is 5.69 Å². The molecule has 0 aliphatic carbocycles. The molecule has 0 saturated heterocycles. The van der Waals surface area contributed by atoms with Gasteiger partial charge in [-0.2, -0.15) is 0 Å². The smallest absolute Gasteiger partial charge is 0.187 e. The van der Waals surface area contributed by atoms with Crippen molar-refractivity contribution in [3.63, 3.8) is 0 Å². The van der Waals surface area contributed by atoms with Crippen molar-refractivity contribution in [3.8, 4) is 0 Å². The average molecular weight is 434 g/mol. The van der Waals surface area contributed by atoms with Gasteiger partial charge in [-0.05, 0) is 48.9 Å². The number of benzene rings is 1. The lowest BCUT2D eigenvalue weighted by Crippen LogP contribution is -2.05. The second-order valence-electron chi connectivity index (χ2n) is 6.73. The fourth-order valence-corrected chi connectivity index (χ4v) is 4.94. The number of pyridine rings is 2. The van der Waals surface area contributed by atoms with E-state index in [-0.39, 0.29) is 0 Å². The van der Waals surface area contributed by atoms with Crippen molar-refractivity contribution in [1.29, 1.82) is 0 Å². The number of hydrogen-bond acceptors (Lipinski definition) is 7. The summed E-state index contributed by atoms with van der Waals surface area (Å²) in [7, 11) is 0. The van der Waals surface area contributed by atoms with Gasteiger partial charge in [-0.3, -0.25) is 9.97 Å². The molecule has 7 heteroatoms. The van der Waals surface area contributed by atoms with Gasteiger partial charge >= 0.3 is 0 Å². The van der Waals surface area contributed by atoms with Gasteiger partial charge < -0.3 is 5.32 Å². The fraction of sp³-hybridized carbons (Fsp3) is 0.217. The molecule has 5 nitrogen and oxygen atoms in total. The highest BCUT2D eigenvalue weighted by Crippen LogP contribution is 2.26. The number of rotatable bonds is 9. The van der Waals surface area contributed by atoms with Crippen LogP contribution in [-0.4, -0.2) is 31.4 Å². The number of nitrogens with zero attached hydrogens (tertiary/aromatic N) is 4. The molecule has 3 aromatic heterocycles. The molecule has 0 amide bonds. The summed E-state index contributed by atoms with van der Waals surface area (Å²) in [4.78, 5) is 18.9. The van der Waals surface area contributed by atoms with Crippen LogP contribution in [0, 0.1) is 6.92 Å². The van der Waals surface area contributed by atoms with Crippen LogP contribution in [0.25, 0.3) is 10.9 Å². The van der Waals surface area contributed by atoms with Gasteiger partial charge in [0, 0.05) is 34.6 Å². The van der Waals surface area contributed by atoms with Crippen molar-refractivity contribution < 1.29 is 0 Å². The highest BCUT2D eigenvalue weighted by molar-refractivity contribution is 8.00. The maximum absolute atomic E-state index is 4.58. The molecule has 30 heavy (non-hydrogen) atoms. The van der Waals surface area contributed by atoms with E-state index in [1.54, 1.807) is 24.2 Å². The van der Waals surface area contributed by atoms with Gasteiger partial charge in [0.2, 0.25) is 0 Å². The van der Waals surface area contributed by atoms with Crippen LogP contribution in [0.1, 0.15) is 17.7 Å². The monoisotopic (exact) mass is 433 g/mol. The first-order valence-electron chi connectivity index (χ1n) is 9.85. The van der Waals surface area contributed by atoms with Crippen LogP contribution >= 0.6 is 23.5 Å². The van der Waals surface area contributed by atoms with E-state index in [0.29, 0.717) is 6.54 Å². The molecule has 0 spiro atoms. The molecule has 0 atom stereocenters. The van der Waals surface area contributed by atoms with Crippen molar-refractivity contribution >= 4 is 40.1 Å². The Hall–Kier alpha value is -2.64. The molecule has 0 fully saturated rings. The van der Waals surface area contributed by atoms with E-state index in [9.17, 15) is 0 Å². The molecular formula is C23H23N5S2. The van der Waals surface area contributed by atoms with E-state index in [1.165, 1.54) is 10.5 Å². The van der Waals surface area contributed by atoms with E-state index in [2.05, 4.69) is 50.4 Å². The molecule has 0 saturated carbocycles. The van der Waals surface area contributed by atoms with Crippen LogP contribution < -0.4 is 5.32 Å². The Balaban J connectivity index is 1.29. The van der Waals surface area contributed by atoms with Gasteiger partial charge in [0.05, 0.1) is 29.6 Å². The molecule has 1 N–H and O–H groups in total. The van der Waals surface area contributed by atoms with Crippen LogP contribution in [0.15, 0.2) is 77.3 Å². The zero-order chi connectivity index (χ0) is 20.6. The molecular weight excluding hydrogens is 410 g/mol. The summed E-state index contributed by atoms with van der Waals surface area (Å²) in [5.74, 6) is 2.08. The van der Waals surface area contributed by atoms with E-state index in [0.717, 1.165) is 45.4 Å². The standard InChI is InChI=1S/C23H23N5S2/c1-17-21(16-27-19-14-18-6-2-3-7-20(18)28-15-19)24-11-8-22(17)29-12-5-13-30-23-25-9-4-10-26-23/h2-4,6-11,14-15,27H,5,12-13,16H2,1H3. The Labute approximate surface area is 185 Å². The summed E-state index contributed by atoms with van der Waals surface area (Å²) in [6, 6.07) is 14.2. The van der Waals surface area contributed by atoms with Crippen LogP contribution in [0.5, 0.6) is 0 Å². The first-order chi connectivity index (χ1) is 14.8. The third-order valence-electron chi connectivity index (χ3n) is 4.63. The fourth-order valence-electron chi connectivity index (χ4n) is 3.01. The summed E-state index contributed by atoms with van der Waals surface area (Å²) in [5, 5.41) is 5.45. The predicted molar refractivity (Wildman–Crippen MR) is 126 cm³/mol. The van der Waals surface area contributed by atoms with Crippen molar-refractivity contribution in [2.45, 2.75) is 29.9 Å². The summed E-state index contributed by atoms with van der Waals surface area (Å²) in [6.45, 7) is 2.83. The van der Waals surface area contributed by atoms with Gasteiger partial charge in [-0.15, -0.1) is 11.8 Å². The van der Waals surface area contributed by atoms with Gasteiger partial charge in [0.15, 0.2) is 5.16 Å². The SMILES string of the molecule is Cc1c(SCCCSc2ncccn2)ccnc1CNc1cnc2ccccc2c1. The topological polar surface area (TPSA) is 63.6 Å². The summed E-state index contributed by atoms with van der Waals surface area (Å²) >= 11 is 3.59. The Morgan fingerprint density at radius 3 is 2.60 bits per heavy atom. The second kappa shape index (κ2) is 10.4. The highest BCUT2D eigenvalue weighted by atomic mass is 32.2. The van der Waals surface area contributed by atoms with Crippen LogP contribution in [-0.2, 0) is 6.54 Å². The molecule has 3 heterocycles. The first kappa shape index (κ1) is 20.6. The minimum absolute atomic E-state index is 0.682. The molecule has 4 rings (SSSR count). The van der Waals surface area contributed by atoms with E-state index in [4.69, 9.17) is 0 Å². The van der Waals surface area contributed by atoms with E-state index >= 15 is 0 Å². The zero-order valence-electron chi connectivity index (χ0n) is 16.8. The quantitative estimate of drug-likeness (QED) is 0.209. The molecule has 0 aliphatic rings. The van der Waals surface area contributed by atoms with Crippen molar-refractivity contribution in [3.05, 3.63) is 78.5 Å². The summed E-state index contributed by atoms with van der Waals surface area (Å²) in [6.07, 6.45) is 8.45. The third kappa shape index (κ3) is 5.49. The number of fused-ring (bicyclic) bond motifs is 1. The van der Waals surface area contributed by atoms with Gasteiger partial charge in [0.25, 0.3) is 0 Å². The lowest BCUT2D eigenvalue weighted by Gasteiger charge is -2.12. The van der Waals surface area contributed by atoms with Gasteiger partial charge in [-0.1, -0.05) is 30.0 Å². The number of aromatic nitrogens is 4. The Morgan fingerprint density at radius 1 is 0.867 bits per heavy atom. The maximum atomic E-state index is 4.58. The molecule has 0 aliphatic heterocycles. The van der Waals surface area contributed by atoms with Crippen molar-refractivity contribution in [1.82, 2.24) is 19.9 Å². The first-order valence-corrected chi connectivity index (χ1v) is 11.8. The van der Waals surface area contributed by atoms with Crippen LogP contribution in [0.3, 0.4) is 0 Å². The van der Waals surface area contributed by atoms with Crippen molar-refractivity contribution in [2.75, 3.05) is 16.8 Å². The summed E-state index contributed by atoms with van der Waals surface area (Å²) in [5.41, 5.74) is 4.32. The summed E-state index contributed by atoms with van der Waals surface area (Å²) < 4.78 is 0. The molecule has 0 unspecified atom stereocenters. The molecule has 152 valence electrons. The molecule has 0 bridgehead atoms. The van der Waals surface area contributed by atoms with Gasteiger partial charge in [0.1, 0.15) is 0 Å². The minimum Gasteiger partial charge on any atom is -0.378 e. The minimum atomic E-state index is 0.682. The van der Waals surface area contributed by atoms with E-state index < -0.39 is 0 Å². The molecule has 4 aromatic rings. The Bertz CT molecular complexity index is 1100. The van der Waals surface area contributed by atoms with Crippen LogP contribution in [0.2, 0.25) is 0 Å². The number of para-hydroxylation sites is 1. The molecule has 0 radical (unpaired) electrons. The second-order valence-corrected chi connectivity index (χ2v) is 8.93. The lowest BCUT2D eigenvalue weighted by atomic mass is 10.2. The number of hydrogen-bond donors (Lipinski definition) is 1. The highest BCUT2D eigenvalue weighted by Gasteiger charge is 2.07. The number of anilines is 1. The average Bonchev–Trinajstić information content (AvgIpc) is 2.79. The third-order valence-corrected chi connectivity index (χ3v) is 6.84. The van der Waals surface area contributed by atoms with Gasteiger partial charge in [-0.25, -0.2) is 9.97 Å². The maximum Gasteiger partial charge on any atom is 0.187 e. The zero-order valence-corrected chi connectivity index (χ0v) is 18.4. The molecule has 1 aromatic carbocycles. The number of thioether (sulfide) groups is 2. The lowest BCUT2D eigenvalue weighted by molar-refractivity contribution is 0.961. The van der Waals surface area contributed by atoms with E-state index in [1.807, 2.05) is 48.4 Å².